The molecule has 0 atom stereocenters. The van der Waals surface area contributed by atoms with Crippen molar-refractivity contribution < 1.29 is 0 Å². The molecule has 0 radical (unpaired) electrons. The summed E-state index contributed by atoms with van der Waals surface area (Å²) in [5, 5.41) is 0. The molecule has 0 spiro atoms. The predicted molar refractivity (Wildman–Crippen MR) is 67.4 cm³/mol. The minimum Gasteiger partial charge on any atom is -0.0986 e. The molecule has 1 aromatic carbocycles. The fourth-order valence-corrected chi connectivity index (χ4v) is 2.20. The molecule has 0 bridgehead atoms. The van der Waals surface area contributed by atoms with Gasteiger partial charge in [-0.1, -0.05) is 55.7 Å². The Balaban J connectivity index is 2.63. The molecular weight excluding hydrogens is 184 g/mol. The maximum absolute atomic E-state index is 2.42. The van der Waals surface area contributed by atoms with Crippen LogP contribution in [0.4, 0.5) is 0 Å². The SMILES string of the molecule is Cc1ccccc1C/C=C/[Si](C)(C)C. The van der Waals surface area contributed by atoms with Gasteiger partial charge in [0.25, 0.3) is 0 Å². The minimum atomic E-state index is -1.01. The smallest absolute Gasteiger partial charge is 0.0683 e. The third-order valence-electron chi connectivity index (χ3n) is 2.22. The molecule has 0 amide bonds. The van der Waals surface area contributed by atoms with Gasteiger partial charge in [0, 0.05) is 0 Å². The Morgan fingerprint density at radius 3 is 2.36 bits per heavy atom. The van der Waals surface area contributed by atoms with Gasteiger partial charge >= 0.3 is 0 Å². The van der Waals surface area contributed by atoms with E-state index in [2.05, 4.69) is 62.6 Å². The topological polar surface area (TPSA) is 0 Å². The standard InChI is InChI=1S/C13H20Si/c1-12-8-5-6-9-13(12)10-7-11-14(2,3)4/h5-9,11H,10H2,1-4H3/b11-7+. The van der Waals surface area contributed by atoms with Crippen LogP contribution in [0, 0.1) is 6.92 Å². The molecule has 0 saturated carbocycles. The second-order valence-corrected chi connectivity index (χ2v) is 9.96. The van der Waals surface area contributed by atoms with Crippen molar-refractivity contribution in [2.24, 2.45) is 0 Å². The average molecular weight is 204 g/mol. The summed E-state index contributed by atoms with van der Waals surface area (Å²) in [5.41, 5.74) is 5.26. The van der Waals surface area contributed by atoms with Crippen molar-refractivity contribution in [2.75, 3.05) is 0 Å². The third kappa shape index (κ3) is 3.92. The average Bonchev–Trinajstić information content (AvgIpc) is 2.06. The summed E-state index contributed by atoms with van der Waals surface area (Å²) in [5.74, 6) is 0. The molecule has 1 rings (SSSR count). The lowest BCUT2D eigenvalue weighted by molar-refractivity contribution is 1.21. The summed E-state index contributed by atoms with van der Waals surface area (Å²) in [6.45, 7) is 9.27. The summed E-state index contributed by atoms with van der Waals surface area (Å²) >= 11 is 0. The lowest BCUT2D eigenvalue weighted by Gasteiger charge is -2.08. The Kier molecular flexibility index (Phi) is 3.70. The second kappa shape index (κ2) is 4.60. The molecule has 0 aromatic heterocycles. The summed E-state index contributed by atoms with van der Waals surface area (Å²) in [6.07, 6.45) is 3.41. The first-order chi connectivity index (χ1) is 6.49. The highest BCUT2D eigenvalue weighted by Gasteiger charge is 2.06. The quantitative estimate of drug-likeness (QED) is 0.654. The van der Waals surface area contributed by atoms with E-state index in [-0.39, 0.29) is 0 Å². The molecule has 0 heterocycles. The van der Waals surface area contributed by atoms with Gasteiger partial charge in [0.15, 0.2) is 0 Å². The lowest BCUT2D eigenvalue weighted by atomic mass is 10.1. The van der Waals surface area contributed by atoms with Crippen molar-refractivity contribution in [1.82, 2.24) is 0 Å². The Morgan fingerprint density at radius 2 is 1.79 bits per heavy atom. The van der Waals surface area contributed by atoms with Gasteiger partial charge in [0.1, 0.15) is 0 Å². The summed E-state index contributed by atoms with van der Waals surface area (Å²) < 4.78 is 0. The van der Waals surface area contributed by atoms with Crippen LogP contribution in [0.1, 0.15) is 11.1 Å². The van der Waals surface area contributed by atoms with Gasteiger partial charge < -0.3 is 0 Å². The molecule has 0 nitrogen and oxygen atoms in total. The van der Waals surface area contributed by atoms with Gasteiger partial charge in [-0.2, -0.15) is 0 Å². The molecule has 0 aliphatic heterocycles. The predicted octanol–water partition coefficient (Wildman–Crippen LogP) is 3.97. The van der Waals surface area contributed by atoms with Crippen LogP contribution in [0.15, 0.2) is 36.0 Å². The van der Waals surface area contributed by atoms with Crippen LogP contribution in [0.3, 0.4) is 0 Å². The van der Waals surface area contributed by atoms with Crippen LogP contribution in [-0.2, 0) is 6.42 Å². The number of aryl methyl sites for hydroxylation is 1. The highest BCUT2D eigenvalue weighted by Crippen LogP contribution is 2.09. The zero-order valence-corrected chi connectivity index (χ0v) is 10.7. The number of rotatable bonds is 3. The molecule has 0 aliphatic rings. The van der Waals surface area contributed by atoms with Gasteiger partial charge in [0.05, 0.1) is 8.07 Å². The first-order valence-corrected chi connectivity index (χ1v) is 8.79. The van der Waals surface area contributed by atoms with Crippen molar-refractivity contribution in [3.63, 3.8) is 0 Å². The fraction of sp³-hybridized carbons (Fsp3) is 0.385. The molecule has 0 fully saturated rings. The lowest BCUT2D eigenvalue weighted by Crippen LogP contribution is -2.15. The maximum Gasteiger partial charge on any atom is 0.0683 e. The molecular formula is C13H20Si. The molecule has 0 unspecified atom stereocenters. The molecule has 0 N–H and O–H groups in total. The molecule has 14 heavy (non-hydrogen) atoms. The van der Waals surface area contributed by atoms with Crippen LogP contribution in [0.2, 0.25) is 19.6 Å². The van der Waals surface area contributed by atoms with E-state index in [1.54, 1.807) is 0 Å². The van der Waals surface area contributed by atoms with Crippen LogP contribution >= 0.6 is 0 Å². The Labute approximate surface area is 88.7 Å². The normalized spacial score (nSPS) is 12.3. The largest absolute Gasteiger partial charge is 0.0986 e. The monoisotopic (exact) mass is 204 g/mol. The maximum atomic E-state index is 2.42. The van der Waals surface area contributed by atoms with E-state index < -0.39 is 8.07 Å². The molecule has 76 valence electrons. The first-order valence-electron chi connectivity index (χ1n) is 5.21. The van der Waals surface area contributed by atoms with Gasteiger partial charge in [-0.05, 0) is 24.5 Å². The zero-order valence-electron chi connectivity index (χ0n) is 9.67. The first kappa shape index (κ1) is 11.3. The summed E-state index contributed by atoms with van der Waals surface area (Å²) in [7, 11) is -1.01. The van der Waals surface area contributed by atoms with E-state index in [1.807, 2.05) is 0 Å². The molecule has 0 saturated heterocycles. The van der Waals surface area contributed by atoms with Gasteiger partial charge in [-0.3, -0.25) is 0 Å². The number of hydrogen-bond acceptors (Lipinski definition) is 0. The van der Waals surface area contributed by atoms with Crippen LogP contribution in [0.25, 0.3) is 0 Å². The Morgan fingerprint density at radius 1 is 1.14 bits per heavy atom. The zero-order chi connectivity index (χ0) is 10.6. The van der Waals surface area contributed by atoms with Crippen LogP contribution < -0.4 is 0 Å². The van der Waals surface area contributed by atoms with Gasteiger partial charge in [-0.25, -0.2) is 0 Å². The number of allylic oxidation sites excluding steroid dienone is 1. The summed E-state index contributed by atoms with van der Waals surface area (Å²) in [4.78, 5) is 0. The molecule has 0 aliphatic carbocycles. The summed E-state index contributed by atoms with van der Waals surface area (Å²) in [6, 6.07) is 8.60. The van der Waals surface area contributed by atoms with Crippen molar-refractivity contribution in [2.45, 2.75) is 33.0 Å². The highest BCUT2D eigenvalue weighted by atomic mass is 28.3. The van der Waals surface area contributed by atoms with Crippen LogP contribution in [-0.4, -0.2) is 8.07 Å². The van der Waals surface area contributed by atoms with E-state index >= 15 is 0 Å². The van der Waals surface area contributed by atoms with Crippen molar-refractivity contribution >= 4 is 8.07 Å². The van der Waals surface area contributed by atoms with E-state index in [0.717, 1.165) is 6.42 Å². The number of hydrogen-bond donors (Lipinski definition) is 0. The van der Waals surface area contributed by atoms with Crippen molar-refractivity contribution in [1.29, 1.82) is 0 Å². The second-order valence-electron chi connectivity index (χ2n) is 4.90. The van der Waals surface area contributed by atoms with E-state index in [4.69, 9.17) is 0 Å². The Hall–Kier alpha value is -0.823. The van der Waals surface area contributed by atoms with Crippen LogP contribution in [0.5, 0.6) is 0 Å². The van der Waals surface area contributed by atoms with Gasteiger partial charge in [-0.15, -0.1) is 0 Å². The Bertz CT molecular complexity index is 318. The third-order valence-corrected chi connectivity index (χ3v) is 3.45. The van der Waals surface area contributed by atoms with E-state index in [1.165, 1.54) is 11.1 Å². The van der Waals surface area contributed by atoms with Crippen molar-refractivity contribution in [3.05, 3.63) is 47.2 Å². The highest BCUT2D eigenvalue weighted by molar-refractivity contribution is 6.80. The molecule has 1 heteroatoms. The van der Waals surface area contributed by atoms with E-state index in [0.29, 0.717) is 0 Å². The number of benzene rings is 1. The fourth-order valence-electron chi connectivity index (χ4n) is 1.38. The van der Waals surface area contributed by atoms with E-state index in [9.17, 15) is 0 Å². The minimum absolute atomic E-state index is 1.01. The molecule has 1 aromatic rings. The van der Waals surface area contributed by atoms with Gasteiger partial charge in [0.2, 0.25) is 0 Å². The van der Waals surface area contributed by atoms with Crippen molar-refractivity contribution in [3.8, 4) is 0 Å².